The van der Waals surface area contributed by atoms with E-state index in [-0.39, 0.29) is 22.6 Å². The van der Waals surface area contributed by atoms with Crippen molar-refractivity contribution in [1.29, 1.82) is 0 Å². The van der Waals surface area contributed by atoms with Gasteiger partial charge in [-0.2, -0.15) is 0 Å². The number of hydrogen-bond acceptors (Lipinski definition) is 8. The molecule has 11 nitrogen and oxygen atoms in total. The van der Waals surface area contributed by atoms with Crippen LogP contribution >= 0.6 is 0 Å². The molecule has 3 aromatic carbocycles. The number of carbonyl (C=O) groups excluding carboxylic acids is 1. The van der Waals surface area contributed by atoms with Gasteiger partial charge in [-0.05, 0) is 60.7 Å². The molecule has 4 heterocycles. The van der Waals surface area contributed by atoms with Crippen molar-refractivity contribution < 1.29 is 35.9 Å². The van der Waals surface area contributed by atoms with Gasteiger partial charge < -0.3 is 29.1 Å². The Bertz CT molecular complexity index is 2390. The summed E-state index contributed by atoms with van der Waals surface area (Å²) in [6, 6.07) is 18.7. The molecule has 0 bridgehead atoms. The number of nitrogens with one attached hydrogen (secondary N) is 2. The quantitative estimate of drug-likeness (QED) is 0.168. The lowest BCUT2D eigenvalue weighted by Crippen LogP contribution is -2.33. The van der Waals surface area contributed by atoms with Gasteiger partial charge >= 0.3 is 0 Å². The number of amides is 1. The van der Waals surface area contributed by atoms with Crippen LogP contribution in [0.5, 0.6) is 5.75 Å². The molecule has 0 aliphatic carbocycles. The lowest BCUT2D eigenvalue weighted by molar-refractivity contribution is 0.0964. The van der Waals surface area contributed by atoms with E-state index in [1.165, 1.54) is 50.5 Å². The van der Waals surface area contributed by atoms with E-state index in [4.69, 9.17) is 18.9 Å². The van der Waals surface area contributed by atoms with E-state index in [0.717, 1.165) is 10.6 Å². The third-order valence-electron chi connectivity index (χ3n) is 8.76. The maximum atomic E-state index is 15.1. The molecular weight excluding hydrogens is 668 g/mol. The molecule has 258 valence electrons. The fourth-order valence-electron chi connectivity index (χ4n) is 6.25. The number of methoxy groups -OCH3 is 1. The molecule has 0 saturated carbocycles. The lowest BCUT2D eigenvalue weighted by Gasteiger charge is -2.30. The van der Waals surface area contributed by atoms with Gasteiger partial charge in [0.05, 0.1) is 47.6 Å². The number of pyridine rings is 1. The first-order valence-corrected chi connectivity index (χ1v) is 17.5. The van der Waals surface area contributed by atoms with Gasteiger partial charge in [0.1, 0.15) is 34.4 Å². The Kier molecular flexibility index (Phi) is 8.54. The number of hydrogen-bond donors (Lipinski definition) is 2. The van der Waals surface area contributed by atoms with Crippen LogP contribution in [0, 0.1) is 11.6 Å². The third kappa shape index (κ3) is 5.74. The Hall–Kier alpha value is -5.31. The molecule has 1 aliphatic heterocycles. The van der Waals surface area contributed by atoms with Gasteiger partial charge in [-0.3, -0.25) is 9.10 Å². The molecule has 0 radical (unpaired) electrons. The summed E-state index contributed by atoms with van der Waals surface area (Å²) in [5, 5.41) is 6.74. The topological polar surface area (TPSA) is 128 Å². The molecule has 7 rings (SSSR count). The zero-order valence-electron chi connectivity index (χ0n) is 27.6. The van der Waals surface area contributed by atoms with Crippen molar-refractivity contribution in [2.24, 2.45) is 0 Å². The number of furan rings is 1. The molecular formula is C36H33F2N5O6S. The minimum Gasteiger partial charge on any atom is -0.466 e. The van der Waals surface area contributed by atoms with Crippen molar-refractivity contribution in [3.05, 3.63) is 90.0 Å². The monoisotopic (exact) mass is 701 g/mol. The van der Waals surface area contributed by atoms with Crippen LogP contribution in [0.1, 0.15) is 16.6 Å². The van der Waals surface area contributed by atoms with Crippen LogP contribution in [0.2, 0.25) is 0 Å². The molecule has 1 amide bonds. The number of ether oxygens (including phenoxy) is 2. The first kappa shape index (κ1) is 33.2. The van der Waals surface area contributed by atoms with Gasteiger partial charge in [-0.1, -0.05) is 6.07 Å². The number of benzene rings is 3. The van der Waals surface area contributed by atoms with E-state index >= 15 is 4.39 Å². The number of rotatable bonds is 10. The van der Waals surface area contributed by atoms with Gasteiger partial charge in [0.25, 0.3) is 5.91 Å². The zero-order chi connectivity index (χ0) is 35.3. The minimum absolute atomic E-state index is 0.185. The molecule has 1 aliphatic rings. The van der Waals surface area contributed by atoms with Crippen LogP contribution in [0.4, 0.5) is 14.5 Å². The first-order chi connectivity index (χ1) is 24.0. The van der Waals surface area contributed by atoms with E-state index in [2.05, 4.69) is 10.6 Å². The Balaban J connectivity index is 1.44. The Morgan fingerprint density at radius 1 is 1.06 bits per heavy atom. The average molecular weight is 702 g/mol. The number of carbonyl (C=O) groups is 1. The van der Waals surface area contributed by atoms with Crippen LogP contribution in [0.15, 0.2) is 77.2 Å². The van der Waals surface area contributed by atoms with Crippen molar-refractivity contribution in [1.82, 2.24) is 20.2 Å². The lowest BCUT2D eigenvalue weighted by atomic mass is 10.0. The number of aromatic nitrogens is 2. The highest BCUT2D eigenvalue weighted by Gasteiger charge is 2.31. The summed E-state index contributed by atoms with van der Waals surface area (Å²) in [5.41, 5.74) is 3.50. The number of nitrogens with zero attached hydrogens (tertiary/aromatic N) is 3. The second-order valence-corrected chi connectivity index (χ2v) is 13.9. The smallest absolute Gasteiger partial charge is 0.255 e. The largest absolute Gasteiger partial charge is 0.466 e. The summed E-state index contributed by atoms with van der Waals surface area (Å²) in [6.07, 6.45) is 0.542. The van der Waals surface area contributed by atoms with Gasteiger partial charge in [0.2, 0.25) is 10.0 Å². The summed E-state index contributed by atoms with van der Waals surface area (Å²) in [4.78, 5) is 18.3. The summed E-state index contributed by atoms with van der Waals surface area (Å²) < 4.78 is 75.6. The van der Waals surface area contributed by atoms with Crippen LogP contribution in [0.25, 0.3) is 55.8 Å². The van der Waals surface area contributed by atoms with Gasteiger partial charge in [-0.15, -0.1) is 0 Å². The molecule has 3 aromatic heterocycles. The SMILES string of the molecule is CNC(=O)c1c(-c2ccc(F)cc2)oc2cc(N(C)S(C)(=O)=O)c(-c3ccc4c(n3)-c3cc5c(F)cccc5n3C(CNCCOC)O4)cc12. The van der Waals surface area contributed by atoms with E-state index in [9.17, 15) is 17.6 Å². The summed E-state index contributed by atoms with van der Waals surface area (Å²) in [6.45, 7) is 1.48. The highest BCUT2D eigenvalue weighted by atomic mass is 32.2. The Labute approximate surface area is 286 Å². The molecule has 0 saturated heterocycles. The van der Waals surface area contributed by atoms with Crippen LogP contribution < -0.4 is 19.7 Å². The molecule has 1 atom stereocenters. The average Bonchev–Trinajstić information content (AvgIpc) is 3.69. The van der Waals surface area contributed by atoms with Crippen LogP contribution in [0.3, 0.4) is 0 Å². The maximum absolute atomic E-state index is 15.1. The van der Waals surface area contributed by atoms with Crippen molar-refractivity contribution in [3.8, 4) is 39.7 Å². The number of fused-ring (bicyclic) bond motifs is 6. The molecule has 0 fully saturated rings. The normalized spacial score (nSPS) is 14.0. The third-order valence-corrected chi connectivity index (χ3v) is 9.95. The van der Waals surface area contributed by atoms with E-state index in [0.29, 0.717) is 69.9 Å². The molecule has 2 N–H and O–H groups in total. The standard InChI is InChI=1S/C36H33F2N5O6S/c1-39-36(44)33-24-16-23(28(42(2)50(4,45)46)18-31(24)49-35(33)20-8-10-21(37)11-9-20)26-12-13-30-34(41-26)29-17-22-25(38)6-5-7-27(22)43(29)32(48-30)19-40-14-15-47-3/h5-13,16-18,32,40H,14-15,19H2,1-4H3,(H,39,44). The summed E-state index contributed by atoms with van der Waals surface area (Å²) >= 11 is 0. The molecule has 14 heteroatoms. The Morgan fingerprint density at radius 2 is 1.84 bits per heavy atom. The van der Waals surface area contributed by atoms with Crippen molar-refractivity contribution in [3.63, 3.8) is 0 Å². The van der Waals surface area contributed by atoms with Gasteiger partial charge in [-0.25, -0.2) is 22.2 Å². The molecule has 1 unspecified atom stereocenters. The van der Waals surface area contributed by atoms with E-state index < -0.39 is 33.8 Å². The fraction of sp³-hybridized carbons (Fsp3) is 0.222. The predicted molar refractivity (Wildman–Crippen MR) is 187 cm³/mol. The molecule has 50 heavy (non-hydrogen) atoms. The van der Waals surface area contributed by atoms with E-state index in [1.807, 2.05) is 10.6 Å². The molecule has 0 spiro atoms. The van der Waals surface area contributed by atoms with Gasteiger partial charge in [0.15, 0.2) is 6.23 Å². The van der Waals surface area contributed by atoms with E-state index in [1.54, 1.807) is 37.4 Å². The zero-order valence-corrected chi connectivity index (χ0v) is 28.4. The number of sulfonamides is 1. The highest BCUT2D eigenvalue weighted by Crippen LogP contribution is 2.45. The highest BCUT2D eigenvalue weighted by molar-refractivity contribution is 7.92. The van der Waals surface area contributed by atoms with Crippen molar-refractivity contribution >= 4 is 43.5 Å². The van der Waals surface area contributed by atoms with Crippen LogP contribution in [-0.4, -0.2) is 71.0 Å². The maximum Gasteiger partial charge on any atom is 0.255 e. The second-order valence-electron chi connectivity index (χ2n) is 11.9. The summed E-state index contributed by atoms with van der Waals surface area (Å²) in [7, 11) is 0.720. The number of halogens is 2. The van der Waals surface area contributed by atoms with Gasteiger partial charge in [0, 0.05) is 55.7 Å². The fourth-order valence-corrected chi connectivity index (χ4v) is 6.75. The first-order valence-electron chi connectivity index (χ1n) is 15.7. The van der Waals surface area contributed by atoms with Crippen LogP contribution in [-0.2, 0) is 14.8 Å². The number of anilines is 1. The predicted octanol–water partition coefficient (Wildman–Crippen LogP) is 5.94. The summed E-state index contributed by atoms with van der Waals surface area (Å²) in [5.74, 6) is -0.664. The van der Waals surface area contributed by atoms with Crippen molar-refractivity contribution in [2.45, 2.75) is 6.23 Å². The minimum atomic E-state index is -3.79. The second kappa shape index (κ2) is 12.9. The Morgan fingerprint density at radius 3 is 2.56 bits per heavy atom. The molecule has 6 aromatic rings. The van der Waals surface area contributed by atoms with Crippen molar-refractivity contribution in [2.75, 3.05) is 51.5 Å².